The van der Waals surface area contributed by atoms with E-state index in [0.29, 0.717) is 0 Å². The molecule has 1 heterocycles. The Morgan fingerprint density at radius 2 is 1.72 bits per heavy atom. The van der Waals surface area contributed by atoms with Crippen LogP contribution in [0.3, 0.4) is 0 Å². The quantitative estimate of drug-likeness (QED) is 0.747. The zero-order chi connectivity index (χ0) is 17.7. The number of nitrogens with one attached hydrogen (secondary N) is 1. The molecular formula is C20H26ClN3S. The van der Waals surface area contributed by atoms with Crippen LogP contribution in [0, 0.1) is 0 Å². The average molecular weight is 376 g/mol. The highest BCUT2D eigenvalue weighted by Gasteiger charge is 2.25. The Bertz CT molecular complexity index is 670. The van der Waals surface area contributed by atoms with Crippen molar-refractivity contribution in [2.45, 2.75) is 24.3 Å². The van der Waals surface area contributed by atoms with Crippen LogP contribution in [-0.2, 0) is 0 Å². The van der Waals surface area contributed by atoms with Gasteiger partial charge in [0, 0.05) is 53.9 Å². The van der Waals surface area contributed by atoms with Crippen LogP contribution in [-0.4, -0.2) is 43.2 Å². The summed E-state index contributed by atoms with van der Waals surface area (Å²) in [6.07, 6.45) is 0. The molecule has 1 N–H and O–H groups in total. The number of hydrogen-bond donors (Lipinski definition) is 1. The lowest BCUT2D eigenvalue weighted by molar-refractivity contribution is 0.207. The number of rotatable bonds is 6. The van der Waals surface area contributed by atoms with Crippen LogP contribution in [0.4, 0.5) is 5.69 Å². The number of nitrogens with zero attached hydrogens (tertiary/aromatic N) is 2. The van der Waals surface area contributed by atoms with Crippen LogP contribution in [0.2, 0.25) is 5.02 Å². The van der Waals surface area contributed by atoms with Gasteiger partial charge in [-0.3, -0.25) is 9.62 Å². The molecule has 0 saturated carbocycles. The third-order valence-electron chi connectivity index (χ3n) is 4.35. The van der Waals surface area contributed by atoms with Gasteiger partial charge >= 0.3 is 0 Å². The van der Waals surface area contributed by atoms with Crippen LogP contribution in [0.1, 0.15) is 13.8 Å². The lowest BCUT2D eigenvalue weighted by atomic mass is 10.1. The number of benzene rings is 2. The first kappa shape index (κ1) is 18.6. The molecule has 2 aromatic carbocycles. The van der Waals surface area contributed by atoms with Gasteiger partial charge in [0.05, 0.1) is 0 Å². The Kier molecular flexibility index (Phi) is 6.29. The Morgan fingerprint density at radius 3 is 2.40 bits per heavy atom. The Labute approximate surface area is 160 Å². The van der Waals surface area contributed by atoms with Gasteiger partial charge < -0.3 is 4.90 Å². The predicted octanol–water partition coefficient (Wildman–Crippen LogP) is 4.54. The van der Waals surface area contributed by atoms with Crippen LogP contribution in [0.25, 0.3) is 0 Å². The van der Waals surface area contributed by atoms with E-state index >= 15 is 0 Å². The number of hydrogen-bond acceptors (Lipinski definition) is 4. The van der Waals surface area contributed by atoms with Crippen molar-refractivity contribution < 1.29 is 0 Å². The molecule has 1 aliphatic rings. The zero-order valence-corrected chi connectivity index (χ0v) is 16.5. The Balaban J connectivity index is 1.47. The minimum atomic E-state index is 0.0543. The molecule has 1 fully saturated rings. The fourth-order valence-corrected chi connectivity index (χ4v) is 4.05. The summed E-state index contributed by atoms with van der Waals surface area (Å²) in [7, 11) is 0. The summed E-state index contributed by atoms with van der Waals surface area (Å²) in [5.41, 5.74) is 1.28. The minimum Gasteiger partial charge on any atom is -0.369 e. The molecule has 25 heavy (non-hydrogen) atoms. The summed E-state index contributed by atoms with van der Waals surface area (Å²) < 4.78 is 3.62. The van der Waals surface area contributed by atoms with Gasteiger partial charge in [-0.2, -0.15) is 0 Å². The summed E-state index contributed by atoms with van der Waals surface area (Å²) in [5.74, 6) is 0. The molecule has 0 aromatic heterocycles. The van der Waals surface area contributed by atoms with E-state index in [9.17, 15) is 0 Å². The maximum Gasteiger partial charge on any atom is 0.0426 e. The second-order valence-corrected chi connectivity index (χ2v) is 8.46. The van der Waals surface area contributed by atoms with E-state index in [1.54, 1.807) is 11.9 Å². The molecule has 0 unspecified atom stereocenters. The summed E-state index contributed by atoms with van der Waals surface area (Å²) >= 11 is 7.83. The Hall–Kier alpha value is -1.20. The van der Waals surface area contributed by atoms with E-state index in [2.05, 4.69) is 70.8 Å². The zero-order valence-electron chi connectivity index (χ0n) is 14.9. The van der Waals surface area contributed by atoms with E-state index in [-0.39, 0.29) is 5.54 Å². The highest BCUT2D eigenvalue weighted by atomic mass is 35.5. The van der Waals surface area contributed by atoms with Gasteiger partial charge in [-0.1, -0.05) is 35.9 Å². The molecule has 5 heteroatoms. The van der Waals surface area contributed by atoms with Crippen molar-refractivity contribution in [3.63, 3.8) is 0 Å². The third kappa shape index (κ3) is 5.65. The van der Waals surface area contributed by atoms with Crippen LogP contribution < -0.4 is 9.62 Å². The van der Waals surface area contributed by atoms with Gasteiger partial charge in [0.15, 0.2) is 0 Å². The molecule has 0 radical (unpaired) electrons. The van der Waals surface area contributed by atoms with E-state index in [0.717, 1.165) is 37.7 Å². The summed E-state index contributed by atoms with van der Waals surface area (Å²) in [5, 5.41) is 0.809. The van der Waals surface area contributed by atoms with Gasteiger partial charge in [-0.25, -0.2) is 0 Å². The first-order chi connectivity index (χ1) is 12.0. The molecule has 134 valence electrons. The lowest BCUT2D eigenvalue weighted by Gasteiger charge is -2.40. The van der Waals surface area contributed by atoms with Gasteiger partial charge in [-0.05, 0) is 56.1 Å². The molecule has 0 atom stereocenters. The maximum absolute atomic E-state index is 6.12. The van der Waals surface area contributed by atoms with Gasteiger partial charge in [0.1, 0.15) is 0 Å². The molecule has 0 bridgehead atoms. The topological polar surface area (TPSA) is 18.5 Å². The van der Waals surface area contributed by atoms with E-state index in [4.69, 9.17) is 11.6 Å². The molecular weight excluding hydrogens is 350 g/mol. The van der Waals surface area contributed by atoms with Gasteiger partial charge in [-0.15, -0.1) is 0 Å². The second-order valence-electron chi connectivity index (χ2n) is 7.14. The van der Waals surface area contributed by atoms with Crippen molar-refractivity contribution in [1.82, 2.24) is 9.62 Å². The minimum absolute atomic E-state index is 0.0543. The third-order valence-corrected chi connectivity index (χ3v) is 5.75. The van der Waals surface area contributed by atoms with Crippen molar-refractivity contribution in [3.05, 3.63) is 59.6 Å². The van der Waals surface area contributed by atoms with Crippen molar-refractivity contribution in [2.24, 2.45) is 0 Å². The van der Waals surface area contributed by atoms with Crippen LogP contribution >= 0.6 is 23.5 Å². The van der Waals surface area contributed by atoms with Crippen LogP contribution in [0.5, 0.6) is 0 Å². The van der Waals surface area contributed by atoms with Crippen LogP contribution in [0.15, 0.2) is 59.5 Å². The van der Waals surface area contributed by atoms with Crippen molar-refractivity contribution in [2.75, 3.05) is 37.6 Å². The molecule has 0 amide bonds. The fourth-order valence-electron chi connectivity index (χ4n) is 3.11. The van der Waals surface area contributed by atoms with Crippen molar-refractivity contribution >= 4 is 29.2 Å². The molecule has 0 spiro atoms. The highest BCUT2D eigenvalue weighted by Crippen LogP contribution is 2.22. The first-order valence-electron chi connectivity index (χ1n) is 8.74. The monoisotopic (exact) mass is 375 g/mol. The molecule has 2 aromatic rings. The molecule has 3 nitrogen and oxygen atoms in total. The van der Waals surface area contributed by atoms with Gasteiger partial charge in [0.2, 0.25) is 0 Å². The number of anilines is 1. The standard InChI is InChI=1S/C20H26ClN3S/c1-20(2,22-25-19-9-4-3-5-10-19)16-23-11-13-24(14-12-23)18-8-6-7-17(21)15-18/h3-10,15,22H,11-14,16H2,1-2H3. The number of piperazine rings is 1. The largest absolute Gasteiger partial charge is 0.369 e. The molecule has 0 aliphatic carbocycles. The highest BCUT2D eigenvalue weighted by molar-refractivity contribution is 7.97. The molecule has 1 saturated heterocycles. The van der Waals surface area contributed by atoms with Crippen molar-refractivity contribution in [1.29, 1.82) is 0 Å². The normalized spacial score (nSPS) is 16.2. The van der Waals surface area contributed by atoms with Gasteiger partial charge in [0.25, 0.3) is 0 Å². The lowest BCUT2D eigenvalue weighted by Crippen LogP contribution is -2.53. The second kappa shape index (κ2) is 8.45. The SMILES string of the molecule is CC(C)(CN1CCN(c2cccc(Cl)c2)CC1)NSc1ccccc1. The summed E-state index contributed by atoms with van der Waals surface area (Å²) in [6.45, 7) is 9.82. The smallest absolute Gasteiger partial charge is 0.0426 e. The van der Waals surface area contributed by atoms with E-state index < -0.39 is 0 Å². The molecule has 3 rings (SSSR count). The fraction of sp³-hybridized carbons (Fsp3) is 0.400. The first-order valence-corrected chi connectivity index (χ1v) is 9.93. The molecule has 1 aliphatic heterocycles. The van der Waals surface area contributed by atoms with Crippen molar-refractivity contribution in [3.8, 4) is 0 Å². The maximum atomic E-state index is 6.12. The predicted molar refractivity (Wildman–Crippen MR) is 110 cm³/mol. The van der Waals surface area contributed by atoms with E-state index in [1.165, 1.54) is 10.6 Å². The average Bonchev–Trinajstić information content (AvgIpc) is 2.61. The van der Waals surface area contributed by atoms with E-state index in [1.807, 2.05) is 12.1 Å². The summed E-state index contributed by atoms with van der Waals surface area (Å²) in [4.78, 5) is 6.21. The number of halogens is 1. The summed E-state index contributed by atoms with van der Waals surface area (Å²) in [6, 6.07) is 18.6. The Morgan fingerprint density at radius 1 is 1.00 bits per heavy atom.